The lowest BCUT2D eigenvalue weighted by Crippen LogP contribution is -2.44. The minimum Gasteiger partial charge on any atom is -0.337 e. The van der Waals surface area contributed by atoms with Crippen molar-refractivity contribution in [1.82, 2.24) is 14.4 Å². The zero-order valence-corrected chi connectivity index (χ0v) is 15.0. The number of hydrogen-bond donors (Lipinski definition) is 1. The molecule has 1 aromatic rings. The van der Waals surface area contributed by atoms with E-state index in [2.05, 4.69) is 10.1 Å². The summed E-state index contributed by atoms with van der Waals surface area (Å²) in [4.78, 5) is 4.44. The molecule has 2 heterocycles. The van der Waals surface area contributed by atoms with Gasteiger partial charge in [-0.15, -0.1) is 12.4 Å². The van der Waals surface area contributed by atoms with E-state index in [0.717, 1.165) is 38.5 Å². The number of halogens is 1. The molecule has 1 aromatic heterocycles. The summed E-state index contributed by atoms with van der Waals surface area (Å²) in [6, 6.07) is -0.338. The summed E-state index contributed by atoms with van der Waals surface area (Å²) < 4.78 is 31.8. The van der Waals surface area contributed by atoms with Crippen LogP contribution in [-0.2, 0) is 15.6 Å². The molecule has 2 N–H and O–H groups in total. The van der Waals surface area contributed by atoms with E-state index in [0.29, 0.717) is 24.7 Å². The average molecular weight is 365 g/mol. The summed E-state index contributed by atoms with van der Waals surface area (Å²) in [5.74, 6) is 1.07. The molecule has 1 saturated heterocycles. The van der Waals surface area contributed by atoms with Gasteiger partial charge in [0.05, 0.1) is 11.3 Å². The highest BCUT2D eigenvalue weighted by molar-refractivity contribution is 7.89. The Hall–Kier alpha value is -0.700. The molecule has 23 heavy (non-hydrogen) atoms. The molecule has 9 heteroatoms. The zero-order valence-electron chi connectivity index (χ0n) is 13.4. The zero-order chi connectivity index (χ0) is 15.8. The third kappa shape index (κ3) is 3.55. The van der Waals surface area contributed by atoms with Gasteiger partial charge in [-0.1, -0.05) is 18.5 Å². The summed E-state index contributed by atoms with van der Waals surface area (Å²) in [6.07, 6.45) is 5.95. The number of nitrogens with zero attached hydrogens (tertiary/aromatic N) is 3. The summed E-state index contributed by atoms with van der Waals surface area (Å²) >= 11 is 0. The first-order valence-corrected chi connectivity index (χ1v) is 9.70. The molecule has 0 radical (unpaired) electrons. The molecule has 132 valence electrons. The van der Waals surface area contributed by atoms with Crippen LogP contribution < -0.4 is 5.73 Å². The van der Waals surface area contributed by atoms with Crippen molar-refractivity contribution < 1.29 is 12.9 Å². The maximum Gasteiger partial charge on any atom is 0.245 e. The molecule has 1 aliphatic heterocycles. The van der Waals surface area contributed by atoms with Gasteiger partial charge in [0.15, 0.2) is 5.82 Å². The van der Waals surface area contributed by atoms with Crippen molar-refractivity contribution >= 4 is 22.4 Å². The van der Waals surface area contributed by atoms with Crippen LogP contribution in [0.1, 0.15) is 69.6 Å². The second-order valence-corrected chi connectivity index (χ2v) is 8.45. The van der Waals surface area contributed by atoms with E-state index >= 15 is 0 Å². The Labute approximate surface area is 143 Å². The molecule has 1 aliphatic carbocycles. The van der Waals surface area contributed by atoms with Crippen LogP contribution in [0.25, 0.3) is 0 Å². The lowest BCUT2D eigenvalue weighted by molar-refractivity contribution is 0.201. The molecule has 2 aliphatic rings. The molecule has 2 fully saturated rings. The minimum absolute atomic E-state index is 0. The smallest absolute Gasteiger partial charge is 0.245 e. The molecular weight excluding hydrogens is 340 g/mol. The van der Waals surface area contributed by atoms with E-state index in [-0.39, 0.29) is 24.2 Å². The van der Waals surface area contributed by atoms with Crippen molar-refractivity contribution in [1.29, 1.82) is 0 Å². The van der Waals surface area contributed by atoms with Gasteiger partial charge in [0.25, 0.3) is 0 Å². The molecule has 1 unspecified atom stereocenters. The maximum atomic E-state index is 12.5. The Morgan fingerprint density at radius 1 is 1.35 bits per heavy atom. The van der Waals surface area contributed by atoms with E-state index in [1.54, 1.807) is 4.31 Å². The SMILES string of the molecule is CCCS(=O)(=O)N1CCCCC1c1nc(C2(N)CCC2)no1.Cl. The van der Waals surface area contributed by atoms with Crippen LogP contribution in [-0.4, -0.2) is 35.2 Å². The van der Waals surface area contributed by atoms with Gasteiger partial charge in [-0.25, -0.2) is 8.42 Å². The normalized spacial score (nSPS) is 24.7. The summed E-state index contributed by atoms with van der Waals surface area (Å²) in [5.41, 5.74) is 5.74. The third-order valence-electron chi connectivity index (χ3n) is 4.69. The Bertz CT molecular complexity index is 630. The highest BCUT2D eigenvalue weighted by atomic mass is 35.5. The minimum atomic E-state index is -3.27. The predicted molar refractivity (Wildman–Crippen MR) is 88.6 cm³/mol. The fraction of sp³-hybridized carbons (Fsp3) is 0.857. The molecule has 3 rings (SSSR count). The highest BCUT2D eigenvalue weighted by Gasteiger charge is 2.41. The monoisotopic (exact) mass is 364 g/mol. The molecule has 0 bridgehead atoms. The van der Waals surface area contributed by atoms with E-state index in [4.69, 9.17) is 10.3 Å². The first kappa shape index (κ1) is 18.6. The van der Waals surface area contributed by atoms with Crippen molar-refractivity contribution in [2.75, 3.05) is 12.3 Å². The fourth-order valence-corrected chi connectivity index (χ4v) is 4.96. The van der Waals surface area contributed by atoms with Crippen LogP contribution in [0.15, 0.2) is 4.52 Å². The van der Waals surface area contributed by atoms with Gasteiger partial charge in [-0.3, -0.25) is 0 Å². The Morgan fingerprint density at radius 2 is 2.09 bits per heavy atom. The van der Waals surface area contributed by atoms with Gasteiger partial charge < -0.3 is 10.3 Å². The standard InChI is InChI=1S/C14H24N4O3S.ClH/c1-2-10-22(19,20)18-9-4-3-6-11(18)12-16-13(17-21-12)14(15)7-5-8-14;/h11H,2-10,15H2,1H3;1H. The van der Waals surface area contributed by atoms with E-state index in [9.17, 15) is 8.42 Å². The highest BCUT2D eigenvalue weighted by Crippen LogP contribution is 2.39. The topological polar surface area (TPSA) is 102 Å². The van der Waals surface area contributed by atoms with Crippen LogP contribution in [0, 0.1) is 0 Å². The Balaban J connectivity index is 0.00000192. The first-order valence-electron chi connectivity index (χ1n) is 8.09. The van der Waals surface area contributed by atoms with E-state index in [1.165, 1.54) is 0 Å². The van der Waals surface area contributed by atoms with E-state index in [1.807, 2.05) is 6.92 Å². The van der Waals surface area contributed by atoms with Crippen LogP contribution in [0.4, 0.5) is 0 Å². The van der Waals surface area contributed by atoms with Gasteiger partial charge in [-0.2, -0.15) is 9.29 Å². The maximum absolute atomic E-state index is 12.5. The number of aromatic nitrogens is 2. The fourth-order valence-electron chi connectivity index (χ4n) is 3.21. The van der Waals surface area contributed by atoms with Crippen LogP contribution >= 0.6 is 12.4 Å². The first-order chi connectivity index (χ1) is 10.5. The van der Waals surface area contributed by atoms with Gasteiger partial charge in [0.2, 0.25) is 15.9 Å². The molecule has 0 aromatic carbocycles. The summed E-state index contributed by atoms with van der Waals surface area (Å²) in [7, 11) is -3.27. The molecular formula is C14H25ClN4O3S. The lowest BCUT2D eigenvalue weighted by atomic mass is 9.77. The Kier molecular flexibility index (Phi) is 5.71. The van der Waals surface area contributed by atoms with Crippen molar-refractivity contribution in [3.8, 4) is 0 Å². The molecule has 0 spiro atoms. The average Bonchev–Trinajstić information content (AvgIpc) is 2.95. The summed E-state index contributed by atoms with van der Waals surface area (Å²) in [5, 5.41) is 4.02. The molecule has 0 amide bonds. The van der Waals surface area contributed by atoms with Gasteiger partial charge in [-0.05, 0) is 38.5 Å². The number of rotatable bonds is 5. The van der Waals surface area contributed by atoms with E-state index < -0.39 is 15.6 Å². The van der Waals surface area contributed by atoms with Crippen molar-refractivity contribution in [3.63, 3.8) is 0 Å². The van der Waals surface area contributed by atoms with Crippen LogP contribution in [0.2, 0.25) is 0 Å². The van der Waals surface area contributed by atoms with Crippen LogP contribution in [0.3, 0.4) is 0 Å². The van der Waals surface area contributed by atoms with Gasteiger partial charge in [0.1, 0.15) is 6.04 Å². The number of sulfonamides is 1. The van der Waals surface area contributed by atoms with Gasteiger partial charge in [0, 0.05) is 6.54 Å². The quantitative estimate of drug-likeness (QED) is 0.858. The Morgan fingerprint density at radius 3 is 2.70 bits per heavy atom. The van der Waals surface area contributed by atoms with Crippen molar-refractivity contribution in [3.05, 3.63) is 11.7 Å². The number of hydrogen-bond acceptors (Lipinski definition) is 6. The van der Waals surface area contributed by atoms with Crippen molar-refractivity contribution in [2.24, 2.45) is 5.73 Å². The van der Waals surface area contributed by atoms with Crippen molar-refractivity contribution in [2.45, 2.75) is 63.5 Å². The lowest BCUT2D eigenvalue weighted by Gasteiger charge is -2.34. The third-order valence-corrected chi connectivity index (χ3v) is 6.77. The predicted octanol–water partition coefficient (Wildman–Crippen LogP) is 2.10. The number of nitrogens with two attached hydrogens (primary N) is 1. The second kappa shape index (κ2) is 7.04. The number of piperidine rings is 1. The largest absolute Gasteiger partial charge is 0.337 e. The molecule has 1 atom stereocenters. The van der Waals surface area contributed by atoms with Crippen LogP contribution in [0.5, 0.6) is 0 Å². The van der Waals surface area contributed by atoms with Gasteiger partial charge >= 0.3 is 0 Å². The molecule has 7 nitrogen and oxygen atoms in total. The molecule has 1 saturated carbocycles. The summed E-state index contributed by atoms with van der Waals surface area (Å²) in [6.45, 7) is 2.40. The second-order valence-electron chi connectivity index (χ2n) is 6.40.